The van der Waals surface area contributed by atoms with E-state index in [0.717, 1.165) is 11.1 Å². The Balaban J connectivity index is 1.41. The highest BCUT2D eigenvalue weighted by atomic mass is 35.5. The number of rotatable bonds is 5. The maximum atomic E-state index is 12.9. The molecule has 0 unspecified atom stereocenters. The fourth-order valence-electron chi connectivity index (χ4n) is 4.15. The predicted octanol–water partition coefficient (Wildman–Crippen LogP) is 4.14. The average molecular weight is 473 g/mol. The summed E-state index contributed by atoms with van der Waals surface area (Å²) >= 11 is 7.56. The van der Waals surface area contributed by atoms with E-state index in [4.69, 9.17) is 16.3 Å². The summed E-state index contributed by atoms with van der Waals surface area (Å²) in [4.78, 5) is 40.7. The lowest BCUT2D eigenvalue weighted by Crippen LogP contribution is -2.40. The molecule has 0 spiro atoms. The molecule has 2 aliphatic rings. The SMILES string of the molecule is COC(=O)C1CCN(C(=O)c2ccc([C@H]3SCC(=O)N3Cc3ccc(Cl)cc3)cc2)CC1. The van der Waals surface area contributed by atoms with Gasteiger partial charge in [-0.15, -0.1) is 11.8 Å². The molecule has 8 heteroatoms. The van der Waals surface area contributed by atoms with Crippen molar-refractivity contribution in [1.82, 2.24) is 9.80 Å². The zero-order valence-electron chi connectivity index (χ0n) is 17.8. The van der Waals surface area contributed by atoms with Gasteiger partial charge in [0.2, 0.25) is 5.91 Å². The highest BCUT2D eigenvalue weighted by Gasteiger charge is 2.33. The first-order chi connectivity index (χ1) is 15.5. The van der Waals surface area contributed by atoms with Crippen molar-refractivity contribution < 1.29 is 19.1 Å². The van der Waals surface area contributed by atoms with Crippen LogP contribution in [0.15, 0.2) is 48.5 Å². The Labute approximate surface area is 196 Å². The number of likely N-dealkylation sites (tertiary alicyclic amines) is 1. The molecule has 2 amide bonds. The number of halogens is 1. The Hall–Kier alpha value is -2.51. The summed E-state index contributed by atoms with van der Waals surface area (Å²) in [5.41, 5.74) is 2.64. The average Bonchev–Trinajstić information content (AvgIpc) is 3.19. The molecule has 2 fully saturated rings. The first kappa shape index (κ1) is 22.7. The van der Waals surface area contributed by atoms with Gasteiger partial charge < -0.3 is 14.5 Å². The number of methoxy groups -OCH3 is 1. The molecule has 0 aromatic heterocycles. The van der Waals surface area contributed by atoms with Gasteiger partial charge in [-0.05, 0) is 48.2 Å². The Morgan fingerprint density at radius 1 is 1.06 bits per heavy atom. The lowest BCUT2D eigenvalue weighted by Gasteiger charge is -2.31. The van der Waals surface area contributed by atoms with E-state index >= 15 is 0 Å². The molecular formula is C24H25ClN2O4S. The molecule has 2 heterocycles. The Bertz CT molecular complexity index is 988. The van der Waals surface area contributed by atoms with Crippen molar-refractivity contribution in [1.29, 1.82) is 0 Å². The quantitative estimate of drug-likeness (QED) is 0.612. The van der Waals surface area contributed by atoms with Crippen molar-refractivity contribution in [2.24, 2.45) is 5.92 Å². The number of nitrogens with zero attached hydrogens (tertiary/aromatic N) is 2. The minimum atomic E-state index is -0.201. The second-order valence-corrected chi connectivity index (χ2v) is 9.53. The van der Waals surface area contributed by atoms with Gasteiger partial charge in [-0.25, -0.2) is 0 Å². The minimum absolute atomic E-state index is 0.0342. The molecule has 6 nitrogen and oxygen atoms in total. The van der Waals surface area contributed by atoms with Gasteiger partial charge in [-0.2, -0.15) is 0 Å². The number of hydrogen-bond donors (Lipinski definition) is 0. The van der Waals surface area contributed by atoms with Crippen LogP contribution in [-0.2, 0) is 20.9 Å². The van der Waals surface area contributed by atoms with Crippen molar-refractivity contribution in [2.75, 3.05) is 26.0 Å². The van der Waals surface area contributed by atoms with Gasteiger partial charge in [0.1, 0.15) is 5.37 Å². The van der Waals surface area contributed by atoms with Crippen molar-refractivity contribution in [3.05, 3.63) is 70.2 Å². The third kappa shape index (κ3) is 4.94. The van der Waals surface area contributed by atoms with Crippen LogP contribution in [0.2, 0.25) is 5.02 Å². The van der Waals surface area contributed by atoms with Crippen molar-refractivity contribution in [3.63, 3.8) is 0 Å². The van der Waals surface area contributed by atoms with Gasteiger partial charge >= 0.3 is 5.97 Å². The van der Waals surface area contributed by atoms with Crippen LogP contribution in [0.3, 0.4) is 0 Å². The van der Waals surface area contributed by atoms with Crippen LogP contribution in [0.25, 0.3) is 0 Å². The van der Waals surface area contributed by atoms with Gasteiger partial charge in [-0.1, -0.05) is 35.9 Å². The van der Waals surface area contributed by atoms with Crippen LogP contribution >= 0.6 is 23.4 Å². The zero-order chi connectivity index (χ0) is 22.7. The van der Waals surface area contributed by atoms with E-state index in [1.54, 1.807) is 16.7 Å². The summed E-state index contributed by atoms with van der Waals surface area (Å²) in [5.74, 6) is 0.175. The van der Waals surface area contributed by atoms with Crippen molar-refractivity contribution >= 4 is 41.1 Å². The fraction of sp³-hybridized carbons (Fsp3) is 0.375. The van der Waals surface area contributed by atoms with Gasteiger partial charge in [0, 0.05) is 30.2 Å². The highest BCUT2D eigenvalue weighted by Crippen LogP contribution is 2.39. The summed E-state index contributed by atoms with van der Waals surface area (Å²) in [6, 6.07) is 15.0. The minimum Gasteiger partial charge on any atom is -0.469 e. The maximum absolute atomic E-state index is 12.9. The van der Waals surface area contributed by atoms with Crippen LogP contribution in [0.5, 0.6) is 0 Å². The van der Waals surface area contributed by atoms with Crippen LogP contribution in [0.1, 0.15) is 39.7 Å². The van der Waals surface area contributed by atoms with E-state index in [0.29, 0.717) is 48.8 Å². The van der Waals surface area contributed by atoms with Crippen LogP contribution in [-0.4, -0.2) is 53.5 Å². The fourth-order valence-corrected chi connectivity index (χ4v) is 5.46. The van der Waals surface area contributed by atoms with E-state index in [9.17, 15) is 14.4 Å². The van der Waals surface area contributed by atoms with E-state index in [2.05, 4.69) is 0 Å². The Morgan fingerprint density at radius 3 is 2.34 bits per heavy atom. The maximum Gasteiger partial charge on any atom is 0.308 e. The van der Waals surface area contributed by atoms with Crippen LogP contribution in [0, 0.1) is 5.92 Å². The third-order valence-corrected chi connectivity index (χ3v) is 7.50. The molecule has 0 aliphatic carbocycles. The number of amides is 2. The third-order valence-electron chi connectivity index (χ3n) is 5.99. The monoisotopic (exact) mass is 472 g/mol. The van der Waals surface area contributed by atoms with E-state index < -0.39 is 0 Å². The molecule has 32 heavy (non-hydrogen) atoms. The molecule has 2 aromatic carbocycles. The standard InChI is InChI=1S/C24H25ClN2O4S/c1-31-24(30)19-10-12-26(13-11-19)22(29)17-4-6-18(7-5-17)23-27(21(28)15-32-23)14-16-2-8-20(25)9-3-16/h2-9,19,23H,10-15H2,1H3/t23-/m1/s1. The summed E-state index contributed by atoms with van der Waals surface area (Å²) in [5, 5.41) is 0.584. The number of piperidine rings is 1. The molecule has 2 aromatic rings. The lowest BCUT2D eigenvalue weighted by atomic mass is 9.96. The number of hydrogen-bond acceptors (Lipinski definition) is 5. The normalized spacial score (nSPS) is 19.3. The lowest BCUT2D eigenvalue weighted by molar-refractivity contribution is -0.146. The Morgan fingerprint density at radius 2 is 1.72 bits per heavy atom. The van der Waals surface area contributed by atoms with Crippen molar-refractivity contribution in [3.8, 4) is 0 Å². The van der Waals surface area contributed by atoms with Gasteiger partial charge in [0.25, 0.3) is 5.91 Å². The molecule has 0 N–H and O–H groups in total. The second kappa shape index (κ2) is 9.96. The number of carbonyl (C=O) groups is 3. The van der Waals surface area contributed by atoms with Crippen LogP contribution < -0.4 is 0 Å². The summed E-state index contributed by atoms with van der Waals surface area (Å²) in [6.45, 7) is 1.61. The molecule has 2 saturated heterocycles. The Kier molecular flexibility index (Phi) is 7.06. The summed E-state index contributed by atoms with van der Waals surface area (Å²) in [6.07, 6.45) is 1.24. The highest BCUT2D eigenvalue weighted by molar-refractivity contribution is 8.00. The van der Waals surface area contributed by atoms with E-state index in [1.807, 2.05) is 53.4 Å². The van der Waals surface area contributed by atoms with Crippen LogP contribution in [0.4, 0.5) is 0 Å². The summed E-state index contributed by atoms with van der Waals surface area (Å²) in [7, 11) is 1.40. The first-order valence-electron chi connectivity index (χ1n) is 10.6. The number of carbonyl (C=O) groups excluding carboxylic acids is 3. The number of benzene rings is 2. The van der Waals surface area contributed by atoms with E-state index in [-0.39, 0.29) is 29.1 Å². The van der Waals surface area contributed by atoms with Gasteiger partial charge in [-0.3, -0.25) is 14.4 Å². The molecule has 2 aliphatic heterocycles. The molecule has 4 rings (SSSR count). The molecule has 1 atom stereocenters. The van der Waals surface area contributed by atoms with Crippen molar-refractivity contribution in [2.45, 2.75) is 24.8 Å². The molecule has 0 bridgehead atoms. The predicted molar refractivity (Wildman–Crippen MR) is 124 cm³/mol. The topological polar surface area (TPSA) is 66.9 Å². The zero-order valence-corrected chi connectivity index (χ0v) is 19.4. The number of esters is 1. The molecule has 0 saturated carbocycles. The number of thioether (sulfide) groups is 1. The van der Waals surface area contributed by atoms with Gasteiger partial charge in [0.05, 0.1) is 18.8 Å². The van der Waals surface area contributed by atoms with Gasteiger partial charge in [0.15, 0.2) is 0 Å². The van der Waals surface area contributed by atoms with E-state index in [1.165, 1.54) is 7.11 Å². The molecule has 0 radical (unpaired) electrons. The first-order valence-corrected chi connectivity index (χ1v) is 12.0. The smallest absolute Gasteiger partial charge is 0.308 e. The second-order valence-electron chi connectivity index (χ2n) is 8.02. The molecule has 168 valence electrons. The summed E-state index contributed by atoms with van der Waals surface area (Å²) < 4.78 is 4.81. The molecular weight excluding hydrogens is 448 g/mol. The number of ether oxygens (including phenoxy) is 1. The largest absolute Gasteiger partial charge is 0.469 e.